The highest BCUT2D eigenvalue weighted by Crippen LogP contribution is 2.26. The van der Waals surface area contributed by atoms with E-state index in [1.165, 1.54) is 12.1 Å². The minimum absolute atomic E-state index is 0.0249. The van der Waals surface area contributed by atoms with Crippen LogP contribution >= 0.6 is 0 Å². The second kappa shape index (κ2) is 5.69. The molecule has 0 spiro atoms. The lowest BCUT2D eigenvalue weighted by Crippen LogP contribution is -2.35. The average molecular weight is 290 g/mol. The molecule has 0 radical (unpaired) electrons. The first-order valence-corrected chi connectivity index (χ1v) is 7.14. The van der Waals surface area contributed by atoms with Gasteiger partial charge >= 0.3 is 0 Å². The van der Waals surface area contributed by atoms with Crippen molar-refractivity contribution < 1.29 is 9.34 Å². The fourth-order valence-electron chi connectivity index (χ4n) is 2.79. The Morgan fingerprint density at radius 3 is 2.67 bits per heavy atom. The van der Waals surface area contributed by atoms with Crippen LogP contribution in [0, 0.1) is 10.1 Å². The predicted molar refractivity (Wildman–Crippen MR) is 79.4 cm³/mol. The number of hydrogen-bond acceptors (Lipinski definition) is 6. The number of rotatable bonds is 4. The Morgan fingerprint density at radius 1 is 1.29 bits per heavy atom. The van der Waals surface area contributed by atoms with Crippen LogP contribution in [0.2, 0.25) is 0 Å². The summed E-state index contributed by atoms with van der Waals surface area (Å²) in [6.45, 7) is 0. The molecule has 1 fully saturated rings. The Bertz CT molecular complexity index is 647. The van der Waals surface area contributed by atoms with Gasteiger partial charge in [0.1, 0.15) is 5.52 Å². The minimum Gasteiger partial charge on any atom is -0.424 e. The Morgan fingerprint density at radius 2 is 2.00 bits per heavy atom. The Labute approximate surface area is 121 Å². The summed E-state index contributed by atoms with van der Waals surface area (Å²) >= 11 is 0. The van der Waals surface area contributed by atoms with Gasteiger partial charge in [-0.05, 0) is 38.8 Å². The molecule has 1 heterocycles. The summed E-state index contributed by atoms with van der Waals surface area (Å²) in [5.74, 6) is 0. The van der Waals surface area contributed by atoms with Crippen molar-refractivity contribution >= 4 is 22.8 Å². The van der Waals surface area contributed by atoms with E-state index >= 15 is 0 Å². The average Bonchev–Trinajstić information content (AvgIpc) is 2.89. The normalized spacial score (nSPS) is 22.3. The summed E-state index contributed by atoms with van der Waals surface area (Å²) in [5, 5.41) is 17.3. The quantitative estimate of drug-likeness (QED) is 0.664. The number of oxazole rings is 1. The summed E-state index contributed by atoms with van der Waals surface area (Å²) in [4.78, 5) is 14.6. The molecular weight excluding hydrogens is 272 g/mol. The van der Waals surface area contributed by atoms with Crippen molar-refractivity contribution in [3.63, 3.8) is 0 Å². The third-order valence-electron chi connectivity index (χ3n) is 4.04. The number of nitro groups is 1. The maximum Gasteiger partial charge on any atom is 0.295 e. The van der Waals surface area contributed by atoms with E-state index < -0.39 is 4.92 Å². The van der Waals surface area contributed by atoms with Crippen LogP contribution in [0.15, 0.2) is 22.6 Å². The first kappa shape index (κ1) is 13.8. The molecule has 112 valence electrons. The molecular formula is C14H18N4O3. The zero-order valence-electron chi connectivity index (χ0n) is 11.8. The highest BCUT2D eigenvalue weighted by molar-refractivity contribution is 5.77. The number of benzene rings is 1. The highest BCUT2D eigenvalue weighted by Gasteiger charge is 2.21. The van der Waals surface area contributed by atoms with Gasteiger partial charge in [-0.15, -0.1) is 0 Å². The van der Waals surface area contributed by atoms with Crippen molar-refractivity contribution in [3.8, 4) is 0 Å². The van der Waals surface area contributed by atoms with E-state index in [0.29, 0.717) is 29.2 Å². The Kier molecular flexibility index (Phi) is 3.74. The molecule has 0 saturated heterocycles. The second-order valence-electron chi connectivity index (χ2n) is 5.41. The molecule has 7 heteroatoms. The largest absolute Gasteiger partial charge is 0.424 e. The van der Waals surface area contributed by atoms with E-state index in [-0.39, 0.29) is 5.69 Å². The van der Waals surface area contributed by atoms with Crippen LogP contribution in [0.25, 0.3) is 11.1 Å². The molecule has 1 aromatic carbocycles. The molecule has 2 aromatic rings. The van der Waals surface area contributed by atoms with Gasteiger partial charge in [-0.2, -0.15) is 4.98 Å². The Balaban J connectivity index is 1.71. The van der Waals surface area contributed by atoms with Gasteiger partial charge in [0.2, 0.25) is 0 Å². The van der Waals surface area contributed by atoms with E-state index in [9.17, 15) is 10.1 Å². The molecule has 21 heavy (non-hydrogen) atoms. The molecule has 0 aliphatic heterocycles. The van der Waals surface area contributed by atoms with Crippen LogP contribution in [-0.4, -0.2) is 29.0 Å². The molecule has 1 aliphatic carbocycles. The van der Waals surface area contributed by atoms with Crippen LogP contribution in [0.5, 0.6) is 0 Å². The predicted octanol–water partition coefficient (Wildman–Crippen LogP) is 2.68. The number of nitrogens with one attached hydrogen (secondary N) is 2. The lowest BCUT2D eigenvalue weighted by atomic mass is 9.91. The topological polar surface area (TPSA) is 93.2 Å². The van der Waals surface area contributed by atoms with Crippen LogP contribution in [0.1, 0.15) is 25.7 Å². The fourth-order valence-corrected chi connectivity index (χ4v) is 2.79. The summed E-state index contributed by atoms with van der Waals surface area (Å²) in [5.41, 5.74) is 1.10. The zero-order valence-corrected chi connectivity index (χ0v) is 11.8. The van der Waals surface area contributed by atoms with Crippen molar-refractivity contribution in [2.45, 2.75) is 37.8 Å². The summed E-state index contributed by atoms with van der Waals surface area (Å²) in [6, 6.07) is 5.83. The smallest absolute Gasteiger partial charge is 0.295 e. The number of aromatic nitrogens is 1. The van der Waals surface area contributed by atoms with E-state index in [2.05, 4.69) is 15.6 Å². The molecule has 2 N–H and O–H groups in total. The third kappa shape index (κ3) is 2.97. The van der Waals surface area contributed by atoms with Gasteiger partial charge < -0.3 is 15.1 Å². The minimum atomic E-state index is -0.430. The van der Waals surface area contributed by atoms with Gasteiger partial charge in [0.15, 0.2) is 5.58 Å². The molecule has 1 aliphatic rings. The third-order valence-corrected chi connectivity index (χ3v) is 4.04. The van der Waals surface area contributed by atoms with E-state index in [0.717, 1.165) is 25.7 Å². The Hall–Kier alpha value is -2.15. The molecule has 1 saturated carbocycles. The van der Waals surface area contributed by atoms with E-state index in [1.807, 2.05) is 7.05 Å². The monoisotopic (exact) mass is 290 g/mol. The van der Waals surface area contributed by atoms with Gasteiger partial charge in [-0.25, -0.2) is 0 Å². The molecule has 7 nitrogen and oxygen atoms in total. The number of non-ortho nitro benzene ring substituents is 1. The first-order valence-electron chi connectivity index (χ1n) is 7.14. The molecule has 3 rings (SSSR count). The standard InChI is InChI=1S/C14H18N4O3/c1-15-9-2-4-10(5-3-9)16-14-17-12-8-11(18(19)20)6-7-13(12)21-14/h6-10,15H,2-5H2,1H3,(H,16,17). The SMILES string of the molecule is CNC1CCC(Nc2nc3cc([N+](=O)[O-])ccc3o2)CC1. The number of nitro benzene ring substituents is 1. The molecule has 0 unspecified atom stereocenters. The summed E-state index contributed by atoms with van der Waals surface area (Å²) in [6.07, 6.45) is 4.37. The van der Waals surface area contributed by atoms with Gasteiger partial charge in [0, 0.05) is 24.2 Å². The summed E-state index contributed by atoms with van der Waals surface area (Å²) in [7, 11) is 1.99. The van der Waals surface area contributed by atoms with Crippen LogP contribution in [0.4, 0.5) is 11.7 Å². The second-order valence-corrected chi connectivity index (χ2v) is 5.41. The fraction of sp³-hybridized carbons (Fsp3) is 0.500. The maximum absolute atomic E-state index is 10.8. The van der Waals surface area contributed by atoms with Gasteiger partial charge in [-0.1, -0.05) is 0 Å². The van der Waals surface area contributed by atoms with Crippen molar-refractivity contribution in [1.82, 2.24) is 10.3 Å². The van der Waals surface area contributed by atoms with Crippen LogP contribution < -0.4 is 10.6 Å². The molecule has 0 amide bonds. The van der Waals surface area contributed by atoms with Crippen molar-refractivity contribution in [3.05, 3.63) is 28.3 Å². The van der Waals surface area contributed by atoms with E-state index in [4.69, 9.17) is 4.42 Å². The van der Waals surface area contributed by atoms with Gasteiger partial charge in [0.25, 0.3) is 11.7 Å². The van der Waals surface area contributed by atoms with E-state index in [1.54, 1.807) is 6.07 Å². The number of anilines is 1. The summed E-state index contributed by atoms with van der Waals surface area (Å²) < 4.78 is 5.60. The van der Waals surface area contributed by atoms with Crippen molar-refractivity contribution in [2.24, 2.45) is 0 Å². The number of nitrogens with zero attached hydrogens (tertiary/aromatic N) is 2. The number of fused-ring (bicyclic) bond motifs is 1. The van der Waals surface area contributed by atoms with Crippen molar-refractivity contribution in [1.29, 1.82) is 0 Å². The zero-order chi connectivity index (χ0) is 14.8. The van der Waals surface area contributed by atoms with Gasteiger partial charge in [-0.3, -0.25) is 10.1 Å². The number of hydrogen-bond donors (Lipinski definition) is 2. The molecule has 0 atom stereocenters. The maximum atomic E-state index is 10.8. The first-order chi connectivity index (χ1) is 10.2. The lowest BCUT2D eigenvalue weighted by Gasteiger charge is -2.28. The highest BCUT2D eigenvalue weighted by atomic mass is 16.6. The lowest BCUT2D eigenvalue weighted by molar-refractivity contribution is -0.384. The van der Waals surface area contributed by atoms with Gasteiger partial charge in [0.05, 0.1) is 4.92 Å². The van der Waals surface area contributed by atoms with Crippen LogP contribution in [0.3, 0.4) is 0 Å². The van der Waals surface area contributed by atoms with Crippen molar-refractivity contribution in [2.75, 3.05) is 12.4 Å². The molecule has 1 aromatic heterocycles. The van der Waals surface area contributed by atoms with Crippen LogP contribution in [-0.2, 0) is 0 Å². The molecule has 0 bridgehead atoms.